The molecule has 0 aliphatic carbocycles. The quantitative estimate of drug-likeness (QED) is 0.476. The molecule has 102 valence electrons. The number of benzene rings is 2. The van der Waals surface area contributed by atoms with Gasteiger partial charge in [0.1, 0.15) is 5.04 Å². The Kier molecular flexibility index (Phi) is 5.07. The Labute approximate surface area is 121 Å². The number of para-hydroxylation sites is 1. The van der Waals surface area contributed by atoms with Crippen LogP contribution in [0.15, 0.2) is 65.7 Å². The Bertz CT molecular complexity index is 598. The summed E-state index contributed by atoms with van der Waals surface area (Å²) < 4.78 is 14.3. The molecule has 2 rings (SSSR count). The number of thioether (sulfide) groups is 1. The third kappa shape index (κ3) is 3.54. The fraction of sp³-hybridized carbons (Fsp3) is 0.125. The molecular formula is C16H14FNOS. The molecule has 1 unspecified atom stereocenters. The standard InChI is InChI=1S/C16H14FNOS/c1-20-16(18-13-10-6-3-7-11-13)14(17)15(19)12-8-4-2-5-9-12/h2-11,14H,1H3. The number of carbonyl (C=O) groups excluding carboxylic acids is 1. The van der Waals surface area contributed by atoms with Gasteiger partial charge in [0, 0.05) is 5.56 Å². The normalized spacial score (nSPS) is 13.0. The predicted octanol–water partition coefficient (Wildman–Crippen LogP) is 4.30. The molecule has 1 atom stereocenters. The Morgan fingerprint density at radius 3 is 2.15 bits per heavy atom. The summed E-state index contributed by atoms with van der Waals surface area (Å²) in [5, 5.41) is 0.171. The number of nitrogens with zero attached hydrogens (tertiary/aromatic N) is 1. The van der Waals surface area contributed by atoms with Crippen LogP contribution in [0, 0.1) is 0 Å². The van der Waals surface area contributed by atoms with Crippen molar-refractivity contribution < 1.29 is 9.18 Å². The Morgan fingerprint density at radius 2 is 1.60 bits per heavy atom. The van der Waals surface area contributed by atoms with Gasteiger partial charge >= 0.3 is 0 Å². The number of carbonyl (C=O) groups is 1. The van der Waals surface area contributed by atoms with E-state index in [1.807, 2.05) is 18.2 Å². The number of Topliss-reactive ketones (excluding diaryl/α,β-unsaturated/α-hetero) is 1. The van der Waals surface area contributed by atoms with E-state index in [2.05, 4.69) is 4.99 Å². The number of hydrogen-bond acceptors (Lipinski definition) is 3. The van der Waals surface area contributed by atoms with Crippen LogP contribution in [0.4, 0.5) is 10.1 Å². The molecule has 0 amide bonds. The molecule has 0 heterocycles. The Balaban J connectivity index is 2.24. The zero-order valence-electron chi connectivity index (χ0n) is 11.0. The first-order valence-electron chi connectivity index (χ1n) is 6.13. The van der Waals surface area contributed by atoms with Crippen LogP contribution in [0.25, 0.3) is 0 Å². The van der Waals surface area contributed by atoms with Crippen LogP contribution in [0.5, 0.6) is 0 Å². The van der Waals surface area contributed by atoms with Gasteiger partial charge in [-0.3, -0.25) is 4.79 Å². The SMILES string of the molecule is CSC(=Nc1ccccc1)C(F)C(=O)c1ccccc1. The van der Waals surface area contributed by atoms with E-state index in [1.165, 1.54) is 0 Å². The summed E-state index contributed by atoms with van der Waals surface area (Å²) in [6.45, 7) is 0. The predicted molar refractivity (Wildman–Crippen MR) is 82.7 cm³/mol. The van der Waals surface area contributed by atoms with Crippen LogP contribution in [0.2, 0.25) is 0 Å². The van der Waals surface area contributed by atoms with Gasteiger partial charge in [-0.2, -0.15) is 0 Å². The van der Waals surface area contributed by atoms with E-state index in [9.17, 15) is 9.18 Å². The van der Waals surface area contributed by atoms with Crippen LogP contribution in [0.1, 0.15) is 10.4 Å². The fourth-order valence-electron chi connectivity index (χ4n) is 1.70. The van der Waals surface area contributed by atoms with Crippen LogP contribution in [-0.2, 0) is 0 Å². The minimum Gasteiger partial charge on any atom is -0.290 e. The number of hydrogen-bond donors (Lipinski definition) is 0. The van der Waals surface area contributed by atoms with Crippen molar-refractivity contribution in [2.45, 2.75) is 6.17 Å². The molecule has 0 fully saturated rings. The Morgan fingerprint density at radius 1 is 1.05 bits per heavy atom. The maximum Gasteiger partial charge on any atom is 0.210 e. The smallest absolute Gasteiger partial charge is 0.210 e. The average molecular weight is 287 g/mol. The monoisotopic (exact) mass is 287 g/mol. The van der Waals surface area contributed by atoms with Crippen LogP contribution in [-0.4, -0.2) is 23.3 Å². The third-order valence-electron chi connectivity index (χ3n) is 2.71. The molecule has 2 nitrogen and oxygen atoms in total. The van der Waals surface area contributed by atoms with Gasteiger partial charge in [-0.15, -0.1) is 11.8 Å². The second kappa shape index (κ2) is 7.01. The highest BCUT2D eigenvalue weighted by Gasteiger charge is 2.24. The number of ketones is 1. The second-order valence-corrected chi connectivity index (χ2v) is 4.91. The van der Waals surface area contributed by atoms with Crippen LogP contribution in [0.3, 0.4) is 0 Å². The molecule has 0 aromatic heterocycles. The van der Waals surface area contributed by atoms with E-state index in [-0.39, 0.29) is 5.04 Å². The second-order valence-electron chi connectivity index (χ2n) is 4.08. The first kappa shape index (κ1) is 14.5. The van der Waals surface area contributed by atoms with Gasteiger partial charge in [-0.25, -0.2) is 9.38 Å². The number of alkyl halides is 1. The summed E-state index contributed by atoms with van der Waals surface area (Å²) in [6.07, 6.45) is -0.0142. The van der Waals surface area contributed by atoms with Crippen molar-refractivity contribution in [2.24, 2.45) is 4.99 Å². The molecule has 0 radical (unpaired) electrons. The highest BCUT2D eigenvalue weighted by atomic mass is 32.2. The maximum atomic E-state index is 14.3. The van der Waals surface area contributed by atoms with Crippen molar-refractivity contribution in [1.29, 1.82) is 0 Å². The van der Waals surface area contributed by atoms with Gasteiger partial charge in [0.05, 0.1) is 5.69 Å². The average Bonchev–Trinajstić information content (AvgIpc) is 2.53. The van der Waals surface area contributed by atoms with E-state index in [4.69, 9.17) is 0 Å². The lowest BCUT2D eigenvalue weighted by atomic mass is 10.1. The minimum atomic E-state index is -1.73. The first-order valence-corrected chi connectivity index (χ1v) is 7.36. The topological polar surface area (TPSA) is 29.4 Å². The van der Waals surface area contributed by atoms with Crippen molar-refractivity contribution in [2.75, 3.05) is 6.26 Å². The zero-order chi connectivity index (χ0) is 14.4. The Hall–Kier alpha value is -1.94. The number of aliphatic imine (C=N–C) groups is 1. The molecule has 0 saturated carbocycles. The van der Waals surface area contributed by atoms with E-state index < -0.39 is 12.0 Å². The fourth-order valence-corrected chi connectivity index (χ4v) is 2.21. The molecule has 0 spiro atoms. The lowest BCUT2D eigenvalue weighted by Crippen LogP contribution is -2.23. The number of rotatable bonds is 4. The third-order valence-corrected chi connectivity index (χ3v) is 3.43. The molecule has 2 aromatic carbocycles. The van der Waals surface area contributed by atoms with Gasteiger partial charge in [-0.05, 0) is 18.4 Å². The van der Waals surface area contributed by atoms with E-state index in [0.717, 1.165) is 11.8 Å². The summed E-state index contributed by atoms with van der Waals surface area (Å²) in [5.74, 6) is -0.561. The zero-order valence-corrected chi connectivity index (χ0v) is 11.8. The van der Waals surface area contributed by atoms with Crippen molar-refractivity contribution in [3.63, 3.8) is 0 Å². The van der Waals surface area contributed by atoms with Crippen molar-refractivity contribution in [3.8, 4) is 0 Å². The van der Waals surface area contributed by atoms with Crippen LogP contribution >= 0.6 is 11.8 Å². The summed E-state index contributed by atoms with van der Waals surface area (Å²) in [5.41, 5.74) is 0.996. The van der Waals surface area contributed by atoms with E-state index in [1.54, 1.807) is 48.7 Å². The molecule has 0 bridgehead atoms. The molecule has 0 aliphatic rings. The minimum absolute atomic E-state index is 0.171. The summed E-state index contributed by atoms with van der Waals surface area (Å²) in [4.78, 5) is 16.3. The van der Waals surface area contributed by atoms with Gasteiger partial charge in [0.2, 0.25) is 12.0 Å². The lowest BCUT2D eigenvalue weighted by Gasteiger charge is -2.09. The molecule has 4 heteroatoms. The summed E-state index contributed by atoms with van der Waals surface area (Å²) in [7, 11) is 0. The summed E-state index contributed by atoms with van der Waals surface area (Å²) in [6, 6.07) is 17.5. The molecule has 0 saturated heterocycles. The molecule has 0 N–H and O–H groups in total. The molecular weight excluding hydrogens is 273 g/mol. The van der Waals surface area contributed by atoms with E-state index >= 15 is 0 Å². The van der Waals surface area contributed by atoms with Gasteiger partial charge in [0.15, 0.2) is 0 Å². The van der Waals surface area contributed by atoms with Gasteiger partial charge < -0.3 is 0 Å². The first-order chi connectivity index (χ1) is 9.72. The molecule has 2 aromatic rings. The highest BCUT2D eigenvalue weighted by molar-refractivity contribution is 8.13. The van der Waals surface area contributed by atoms with E-state index in [0.29, 0.717) is 11.3 Å². The van der Waals surface area contributed by atoms with Crippen molar-refractivity contribution in [3.05, 3.63) is 66.2 Å². The summed E-state index contributed by atoms with van der Waals surface area (Å²) >= 11 is 1.15. The molecule has 20 heavy (non-hydrogen) atoms. The van der Waals surface area contributed by atoms with Gasteiger partial charge in [0.25, 0.3) is 0 Å². The van der Waals surface area contributed by atoms with Crippen molar-refractivity contribution >= 4 is 28.3 Å². The lowest BCUT2D eigenvalue weighted by molar-refractivity contribution is 0.0927. The van der Waals surface area contributed by atoms with Crippen molar-refractivity contribution in [1.82, 2.24) is 0 Å². The maximum absolute atomic E-state index is 14.3. The number of halogens is 1. The molecule has 0 aliphatic heterocycles. The van der Waals surface area contributed by atoms with Gasteiger partial charge in [-0.1, -0.05) is 48.5 Å². The highest BCUT2D eigenvalue weighted by Crippen LogP contribution is 2.19. The largest absolute Gasteiger partial charge is 0.290 e. The van der Waals surface area contributed by atoms with Crippen LogP contribution < -0.4 is 0 Å².